The molecular weight excluding hydrogens is 460 g/mol. The highest BCUT2D eigenvalue weighted by atomic mass is 32.2. The van der Waals surface area contributed by atoms with Gasteiger partial charge in [-0.2, -0.15) is 0 Å². The van der Waals surface area contributed by atoms with Gasteiger partial charge in [0.1, 0.15) is 0 Å². The summed E-state index contributed by atoms with van der Waals surface area (Å²) < 4.78 is 32.6. The topological polar surface area (TPSA) is 127 Å². The van der Waals surface area contributed by atoms with Crippen LogP contribution in [0.15, 0.2) is 57.8 Å². The first-order chi connectivity index (χ1) is 14.8. The van der Waals surface area contributed by atoms with Gasteiger partial charge < -0.3 is 4.74 Å². The van der Waals surface area contributed by atoms with Crippen molar-refractivity contribution in [3.05, 3.63) is 59.7 Å². The SMILES string of the molecule is COC(=O)CSc1nnc(NC(=O)c2ccc(NS(=O)(=O)c3ccccc3)c(C)c2)s1. The molecule has 0 aliphatic carbocycles. The van der Waals surface area contributed by atoms with Crippen LogP contribution in [-0.2, 0) is 19.6 Å². The predicted octanol–water partition coefficient (Wildman–Crippen LogP) is 3.16. The van der Waals surface area contributed by atoms with Crippen LogP contribution in [0, 0.1) is 6.92 Å². The van der Waals surface area contributed by atoms with Crippen LogP contribution in [0.25, 0.3) is 0 Å². The molecule has 0 bridgehead atoms. The van der Waals surface area contributed by atoms with E-state index in [4.69, 9.17) is 0 Å². The molecule has 2 N–H and O–H groups in total. The van der Waals surface area contributed by atoms with Gasteiger partial charge in [-0.1, -0.05) is 41.3 Å². The third kappa shape index (κ3) is 6.03. The maximum atomic E-state index is 12.5. The lowest BCUT2D eigenvalue weighted by atomic mass is 10.1. The van der Waals surface area contributed by atoms with Crippen molar-refractivity contribution in [2.45, 2.75) is 16.2 Å². The van der Waals surface area contributed by atoms with Crippen molar-refractivity contribution in [2.24, 2.45) is 0 Å². The van der Waals surface area contributed by atoms with Crippen LogP contribution in [-0.4, -0.2) is 43.4 Å². The third-order valence-corrected chi connectivity index (χ3v) is 7.28. The number of esters is 1. The molecule has 1 heterocycles. The molecule has 0 atom stereocenters. The Morgan fingerprint density at radius 3 is 2.55 bits per heavy atom. The Hall–Kier alpha value is -2.96. The lowest BCUT2D eigenvalue weighted by molar-refractivity contribution is -0.137. The van der Waals surface area contributed by atoms with Crippen molar-refractivity contribution in [1.82, 2.24) is 10.2 Å². The highest BCUT2D eigenvalue weighted by Crippen LogP contribution is 2.26. The molecule has 0 aliphatic rings. The van der Waals surface area contributed by atoms with E-state index in [1.54, 1.807) is 31.2 Å². The summed E-state index contributed by atoms with van der Waals surface area (Å²) in [6.45, 7) is 1.70. The molecule has 0 spiro atoms. The number of nitrogens with one attached hydrogen (secondary N) is 2. The van der Waals surface area contributed by atoms with Crippen molar-refractivity contribution >= 4 is 55.8 Å². The van der Waals surface area contributed by atoms with E-state index in [0.29, 0.717) is 21.2 Å². The second-order valence-electron chi connectivity index (χ2n) is 6.14. The summed E-state index contributed by atoms with van der Waals surface area (Å²) >= 11 is 2.29. The van der Waals surface area contributed by atoms with E-state index in [-0.39, 0.29) is 21.7 Å². The van der Waals surface area contributed by atoms with Gasteiger partial charge >= 0.3 is 5.97 Å². The van der Waals surface area contributed by atoms with E-state index < -0.39 is 15.9 Å². The summed E-state index contributed by atoms with van der Waals surface area (Å²) in [5, 5.41) is 10.7. The molecule has 162 valence electrons. The van der Waals surface area contributed by atoms with Crippen LogP contribution in [0.1, 0.15) is 15.9 Å². The molecule has 3 rings (SSSR count). The van der Waals surface area contributed by atoms with Gasteiger partial charge in [0.2, 0.25) is 5.13 Å². The quantitative estimate of drug-likeness (QED) is 0.287. The van der Waals surface area contributed by atoms with Crippen LogP contribution in [0.3, 0.4) is 0 Å². The summed E-state index contributed by atoms with van der Waals surface area (Å²) in [4.78, 5) is 23.8. The van der Waals surface area contributed by atoms with Crippen molar-refractivity contribution < 1.29 is 22.7 Å². The number of carbonyl (C=O) groups excluding carboxylic acids is 2. The highest BCUT2D eigenvalue weighted by molar-refractivity contribution is 8.01. The van der Waals surface area contributed by atoms with E-state index in [9.17, 15) is 18.0 Å². The molecule has 12 heteroatoms. The molecule has 0 saturated carbocycles. The van der Waals surface area contributed by atoms with Gasteiger partial charge in [0.25, 0.3) is 15.9 Å². The summed E-state index contributed by atoms with van der Waals surface area (Å²) in [7, 11) is -2.43. The molecule has 3 aromatic rings. The number of thioether (sulfide) groups is 1. The number of aryl methyl sites for hydroxylation is 1. The third-order valence-electron chi connectivity index (χ3n) is 3.95. The molecule has 0 fully saturated rings. The fourth-order valence-corrected chi connectivity index (χ4v) is 5.12. The fraction of sp³-hybridized carbons (Fsp3) is 0.158. The number of sulfonamides is 1. The summed E-state index contributed by atoms with van der Waals surface area (Å²) in [6.07, 6.45) is 0. The number of anilines is 2. The molecule has 9 nitrogen and oxygen atoms in total. The number of carbonyl (C=O) groups is 2. The van der Waals surface area contributed by atoms with Crippen molar-refractivity contribution in [2.75, 3.05) is 22.9 Å². The van der Waals surface area contributed by atoms with Crippen LogP contribution < -0.4 is 10.0 Å². The summed E-state index contributed by atoms with van der Waals surface area (Å²) in [5.74, 6) is -0.705. The van der Waals surface area contributed by atoms with E-state index in [1.165, 1.54) is 31.4 Å². The summed E-state index contributed by atoms with van der Waals surface area (Å²) in [5.41, 5.74) is 1.29. The fourth-order valence-electron chi connectivity index (χ4n) is 2.39. The standard InChI is InChI=1S/C19H18N4O5S3/c1-12-10-13(8-9-15(12)23-31(26,27)14-6-4-3-5-7-14)17(25)20-18-21-22-19(30-18)29-11-16(24)28-2/h3-10,23H,11H2,1-2H3,(H,20,21,25). The number of hydrogen-bond donors (Lipinski definition) is 2. The maximum Gasteiger partial charge on any atom is 0.316 e. The average Bonchev–Trinajstić information content (AvgIpc) is 3.21. The molecule has 1 aromatic heterocycles. The Balaban J connectivity index is 1.66. The van der Waals surface area contributed by atoms with E-state index >= 15 is 0 Å². The Morgan fingerprint density at radius 2 is 1.87 bits per heavy atom. The number of benzene rings is 2. The first-order valence-corrected chi connectivity index (χ1v) is 12.1. The second-order valence-corrected chi connectivity index (χ2v) is 10.0. The monoisotopic (exact) mass is 478 g/mol. The number of methoxy groups -OCH3 is 1. The zero-order valence-electron chi connectivity index (χ0n) is 16.5. The van der Waals surface area contributed by atoms with E-state index in [1.807, 2.05) is 0 Å². The summed E-state index contributed by atoms with van der Waals surface area (Å²) in [6, 6.07) is 12.6. The number of aromatic nitrogens is 2. The molecule has 0 unspecified atom stereocenters. The van der Waals surface area contributed by atoms with Crippen LogP contribution >= 0.6 is 23.1 Å². The Bertz CT molecular complexity index is 1200. The second kappa shape index (κ2) is 9.90. The first-order valence-electron chi connectivity index (χ1n) is 8.81. The zero-order chi connectivity index (χ0) is 22.4. The molecule has 31 heavy (non-hydrogen) atoms. The van der Waals surface area contributed by atoms with Crippen molar-refractivity contribution in [3.63, 3.8) is 0 Å². The molecule has 0 radical (unpaired) electrons. The normalized spacial score (nSPS) is 11.0. The molecule has 0 aliphatic heterocycles. The lowest BCUT2D eigenvalue weighted by Crippen LogP contribution is -2.15. The van der Waals surface area contributed by atoms with Crippen molar-refractivity contribution in [3.8, 4) is 0 Å². The van der Waals surface area contributed by atoms with Gasteiger partial charge in [-0.3, -0.25) is 19.6 Å². The first kappa shape index (κ1) is 22.7. The highest BCUT2D eigenvalue weighted by Gasteiger charge is 2.17. The average molecular weight is 479 g/mol. The largest absolute Gasteiger partial charge is 0.468 e. The number of hydrogen-bond acceptors (Lipinski definition) is 9. The van der Waals surface area contributed by atoms with Gasteiger partial charge in [0, 0.05) is 5.56 Å². The van der Waals surface area contributed by atoms with Gasteiger partial charge in [0.15, 0.2) is 4.34 Å². The number of nitrogens with zero attached hydrogens (tertiary/aromatic N) is 2. The minimum Gasteiger partial charge on any atom is -0.468 e. The molecule has 2 aromatic carbocycles. The number of rotatable bonds is 8. The molecule has 0 saturated heterocycles. The molecule has 1 amide bonds. The van der Waals surface area contributed by atoms with Gasteiger partial charge in [0.05, 0.1) is 23.4 Å². The molecular formula is C19H18N4O5S3. The zero-order valence-corrected chi connectivity index (χ0v) is 18.9. The van der Waals surface area contributed by atoms with Crippen LogP contribution in [0.4, 0.5) is 10.8 Å². The smallest absolute Gasteiger partial charge is 0.316 e. The number of ether oxygens (including phenoxy) is 1. The van der Waals surface area contributed by atoms with Gasteiger partial charge in [-0.05, 0) is 42.8 Å². The Labute approximate surface area is 187 Å². The van der Waals surface area contributed by atoms with Crippen LogP contribution in [0.2, 0.25) is 0 Å². The predicted molar refractivity (Wildman–Crippen MR) is 119 cm³/mol. The maximum absolute atomic E-state index is 12.5. The minimum absolute atomic E-state index is 0.0959. The minimum atomic E-state index is -3.73. The Kier molecular flexibility index (Phi) is 7.25. The van der Waals surface area contributed by atoms with E-state index in [0.717, 1.165) is 23.1 Å². The van der Waals surface area contributed by atoms with E-state index in [2.05, 4.69) is 25.0 Å². The lowest BCUT2D eigenvalue weighted by Gasteiger charge is -2.11. The van der Waals surface area contributed by atoms with Crippen LogP contribution in [0.5, 0.6) is 0 Å². The number of amides is 1. The Morgan fingerprint density at radius 1 is 1.13 bits per heavy atom. The van der Waals surface area contributed by atoms with Gasteiger partial charge in [-0.25, -0.2) is 8.42 Å². The van der Waals surface area contributed by atoms with Gasteiger partial charge in [-0.15, -0.1) is 10.2 Å². The van der Waals surface area contributed by atoms with Crippen molar-refractivity contribution in [1.29, 1.82) is 0 Å².